The number of anilines is 2. The molecule has 0 saturated carbocycles. The van der Waals surface area contributed by atoms with E-state index in [2.05, 4.69) is 27.2 Å². The summed E-state index contributed by atoms with van der Waals surface area (Å²) in [5, 5.41) is 5.27. The lowest BCUT2D eigenvalue weighted by Gasteiger charge is -2.06. The maximum atomic E-state index is 13.1. The number of rotatable bonds is 5. The number of hydrogen-bond acceptors (Lipinski definition) is 4. The Hall–Kier alpha value is -2.83. The number of benzene rings is 1. The van der Waals surface area contributed by atoms with Crippen molar-refractivity contribution in [3.8, 4) is 0 Å². The number of carbonyl (C=O) groups excluding carboxylic acids is 1. The minimum absolute atomic E-state index is 0.0984. The van der Waals surface area contributed by atoms with E-state index in [4.69, 9.17) is 0 Å². The summed E-state index contributed by atoms with van der Waals surface area (Å²) >= 11 is 0. The second-order valence-electron chi connectivity index (χ2n) is 4.02. The first-order chi connectivity index (χ1) is 10.1. The molecule has 0 atom stereocenters. The first kappa shape index (κ1) is 14.6. The fraction of sp³-hybridized carbons (Fsp3) is 0.0714. The second-order valence-corrected chi connectivity index (χ2v) is 4.02. The summed E-state index contributed by atoms with van der Waals surface area (Å²) in [4.78, 5) is 19.9. The lowest BCUT2D eigenvalue weighted by Crippen LogP contribution is -2.15. The average Bonchev–Trinajstić information content (AvgIpc) is 2.49. The third-order valence-electron chi connectivity index (χ3n) is 2.47. The Morgan fingerprint density at radius 1 is 1.29 bits per heavy atom. The molecule has 2 rings (SSSR count). The van der Waals surface area contributed by atoms with Crippen molar-refractivity contribution in [2.75, 3.05) is 17.2 Å². The van der Waals surface area contributed by atoms with Gasteiger partial charge < -0.3 is 10.6 Å². The molecule has 0 saturated heterocycles. The van der Waals surface area contributed by atoms with Crippen molar-refractivity contribution in [3.05, 3.63) is 60.4 Å². The van der Waals surface area contributed by atoms with Crippen LogP contribution >= 0.6 is 0 Å². The second kappa shape index (κ2) is 6.56. The van der Waals surface area contributed by atoms with Crippen molar-refractivity contribution in [2.24, 2.45) is 0 Å². The zero-order chi connectivity index (χ0) is 15.2. The van der Waals surface area contributed by atoms with Gasteiger partial charge in [-0.25, -0.2) is 18.7 Å². The molecule has 7 heteroatoms. The Kier molecular flexibility index (Phi) is 4.55. The van der Waals surface area contributed by atoms with E-state index in [1.807, 2.05) is 0 Å². The Morgan fingerprint density at radius 3 is 2.81 bits per heavy atom. The van der Waals surface area contributed by atoms with Crippen LogP contribution in [0.25, 0.3) is 0 Å². The van der Waals surface area contributed by atoms with Gasteiger partial charge in [-0.1, -0.05) is 6.08 Å². The van der Waals surface area contributed by atoms with Gasteiger partial charge in [-0.05, 0) is 18.2 Å². The molecular formula is C14H12F2N4O. The summed E-state index contributed by atoms with van der Waals surface area (Å²) in [6.45, 7) is 3.99. The molecule has 2 aromatic rings. The summed E-state index contributed by atoms with van der Waals surface area (Å²) in [6.07, 6.45) is 3.04. The van der Waals surface area contributed by atoms with E-state index in [-0.39, 0.29) is 17.3 Å². The molecule has 108 valence electrons. The van der Waals surface area contributed by atoms with Crippen molar-refractivity contribution >= 4 is 17.5 Å². The highest BCUT2D eigenvalue weighted by atomic mass is 19.2. The molecule has 0 aliphatic carbocycles. The molecule has 1 aromatic carbocycles. The predicted molar refractivity (Wildman–Crippen MR) is 75.0 cm³/mol. The molecule has 5 nitrogen and oxygen atoms in total. The van der Waals surface area contributed by atoms with Crippen molar-refractivity contribution in [1.29, 1.82) is 0 Å². The van der Waals surface area contributed by atoms with Crippen molar-refractivity contribution in [1.82, 2.24) is 9.97 Å². The van der Waals surface area contributed by atoms with Gasteiger partial charge in [0.25, 0.3) is 5.91 Å². The fourth-order valence-electron chi connectivity index (χ4n) is 1.50. The number of aromatic nitrogens is 2. The van der Waals surface area contributed by atoms with Gasteiger partial charge >= 0.3 is 0 Å². The molecule has 0 spiro atoms. The Balaban J connectivity index is 2.12. The van der Waals surface area contributed by atoms with Gasteiger partial charge in [-0.15, -0.1) is 6.58 Å². The number of nitrogens with one attached hydrogen (secondary N) is 2. The number of carbonyl (C=O) groups is 1. The van der Waals surface area contributed by atoms with E-state index in [0.29, 0.717) is 6.54 Å². The number of amides is 1. The molecule has 1 aromatic heterocycles. The van der Waals surface area contributed by atoms with Crippen LogP contribution in [0.3, 0.4) is 0 Å². The van der Waals surface area contributed by atoms with Gasteiger partial charge in [0.15, 0.2) is 11.6 Å². The maximum Gasteiger partial charge on any atom is 0.274 e. The molecule has 21 heavy (non-hydrogen) atoms. The molecule has 0 radical (unpaired) electrons. The first-order valence-electron chi connectivity index (χ1n) is 6.04. The van der Waals surface area contributed by atoms with Crippen LogP contribution in [-0.2, 0) is 0 Å². The molecule has 0 fully saturated rings. The number of hydrogen-bond donors (Lipinski definition) is 2. The van der Waals surface area contributed by atoms with Crippen LogP contribution in [0.4, 0.5) is 20.4 Å². The largest absolute Gasteiger partial charge is 0.351 e. The van der Waals surface area contributed by atoms with Crippen LogP contribution < -0.4 is 10.6 Å². The summed E-state index contributed by atoms with van der Waals surface area (Å²) in [6, 6.07) is 4.50. The topological polar surface area (TPSA) is 66.9 Å². The highest BCUT2D eigenvalue weighted by molar-refractivity contribution is 6.02. The highest BCUT2D eigenvalue weighted by Gasteiger charge is 2.10. The van der Waals surface area contributed by atoms with Crippen LogP contribution in [0, 0.1) is 11.6 Å². The van der Waals surface area contributed by atoms with Crippen molar-refractivity contribution in [2.45, 2.75) is 0 Å². The standard InChI is InChI=1S/C14H12F2N4O/c1-2-6-17-14-18-7-5-12(20-14)13(21)19-9-3-4-10(15)11(16)8-9/h2-5,7-8H,1,6H2,(H,19,21)(H,17,18,20). The van der Waals surface area contributed by atoms with Crippen LogP contribution in [0.1, 0.15) is 10.5 Å². The highest BCUT2D eigenvalue weighted by Crippen LogP contribution is 2.14. The summed E-state index contributed by atoms with van der Waals surface area (Å²) in [5.74, 6) is -2.30. The van der Waals surface area contributed by atoms with Gasteiger partial charge in [0.2, 0.25) is 5.95 Å². The van der Waals surface area contributed by atoms with E-state index in [9.17, 15) is 13.6 Å². The molecule has 1 amide bonds. The predicted octanol–water partition coefficient (Wildman–Crippen LogP) is 2.61. The van der Waals surface area contributed by atoms with Gasteiger partial charge in [-0.3, -0.25) is 4.79 Å². The number of halogens is 2. The van der Waals surface area contributed by atoms with E-state index in [1.54, 1.807) is 6.08 Å². The lowest BCUT2D eigenvalue weighted by molar-refractivity contribution is 0.102. The minimum atomic E-state index is -1.04. The maximum absolute atomic E-state index is 13.1. The molecule has 1 heterocycles. The van der Waals surface area contributed by atoms with E-state index < -0.39 is 17.5 Å². The molecule has 0 unspecified atom stereocenters. The summed E-state index contributed by atoms with van der Waals surface area (Å²) in [5.41, 5.74) is 0.236. The van der Waals surface area contributed by atoms with Crippen LogP contribution in [0.2, 0.25) is 0 Å². The summed E-state index contributed by atoms with van der Waals surface area (Å²) in [7, 11) is 0. The van der Waals surface area contributed by atoms with Crippen molar-refractivity contribution < 1.29 is 13.6 Å². The SMILES string of the molecule is C=CCNc1nccc(C(=O)Nc2ccc(F)c(F)c2)n1. The van der Waals surface area contributed by atoms with E-state index >= 15 is 0 Å². The zero-order valence-corrected chi connectivity index (χ0v) is 10.9. The normalized spacial score (nSPS) is 10.0. The third-order valence-corrected chi connectivity index (χ3v) is 2.47. The van der Waals surface area contributed by atoms with Gasteiger partial charge in [0.1, 0.15) is 5.69 Å². The lowest BCUT2D eigenvalue weighted by atomic mass is 10.3. The third kappa shape index (κ3) is 3.82. The molecule has 0 aliphatic heterocycles. The summed E-state index contributed by atoms with van der Waals surface area (Å²) < 4.78 is 25.9. The van der Waals surface area contributed by atoms with Gasteiger partial charge in [0, 0.05) is 24.5 Å². The first-order valence-corrected chi connectivity index (χ1v) is 6.04. The minimum Gasteiger partial charge on any atom is -0.351 e. The van der Waals surface area contributed by atoms with Crippen LogP contribution in [0.5, 0.6) is 0 Å². The average molecular weight is 290 g/mol. The molecular weight excluding hydrogens is 278 g/mol. The zero-order valence-electron chi connectivity index (χ0n) is 10.9. The Bertz CT molecular complexity index is 676. The molecule has 2 N–H and O–H groups in total. The van der Waals surface area contributed by atoms with Gasteiger partial charge in [0.05, 0.1) is 0 Å². The quantitative estimate of drug-likeness (QED) is 0.831. The fourth-order valence-corrected chi connectivity index (χ4v) is 1.50. The Labute approximate surface area is 119 Å². The van der Waals surface area contributed by atoms with Crippen molar-refractivity contribution in [3.63, 3.8) is 0 Å². The Morgan fingerprint density at radius 2 is 2.10 bits per heavy atom. The number of nitrogens with zero attached hydrogens (tertiary/aromatic N) is 2. The molecule has 0 bridgehead atoms. The smallest absolute Gasteiger partial charge is 0.274 e. The van der Waals surface area contributed by atoms with E-state index in [1.165, 1.54) is 18.3 Å². The van der Waals surface area contributed by atoms with Crippen LogP contribution in [0.15, 0.2) is 43.1 Å². The van der Waals surface area contributed by atoms with Gasteiger partial charge in [-0.2, -0.15) is 0 Å². The molecule has 0 aliphatic rings. The van der Waals surface area contributed by atoms with Crippen LogP contribution in [-0.4, -0.2) is 22.4 Å². The monoisotopic (exact) mass is 290 g/mol. The van der Waals surface area contributed by atoms with E-state index in [0.717, 1.165) is 12.1 Å².